The zero-order valence-electron chi connectivity index (χ0n) is 4.20. The summed E-state index contributed by atoms with van der Waals surface area (Å²) in [6.07, 6.45) is 0. The average Bonchev–Trinajstić information content (AvgIpc) is 1.14. The summed E-state index contributed by atoms with van der Waals surface area (Å²) in [5.41, 5.74) is 0. The summed E-state index contributed by atoms with van der Waals surface area (Å²) in [5, 5.41) is 0. The van der Waals surface area contributed by atoms with E-state index in [1.165, 1.54) is 0 Å². The molecule has 0 aromatic heterocycles. The molecule has 10 heavy (non-hydrogen) atoms. The molecule has 0 saturated carbocycles. The van der Waals surface area contributed by atoms with Crippen LogP contribution in [0, 0.1) is 0 Å². The van der Waals surface area contributed by atoms with Gasteiger partial charge in [0, 0.05) is 0 Å². The van der Waals surface area contributed by atoms with Crippen LogP contribution in [0.3, 0.4) is 0 Å². The van der Waals surface area contributed by atoms with E-state index in [0.717, 1.165) is 0 Å². The van der Waals surface area contributed by atoms with Gasteiger partial charge in [0.05, 0.1) is 15.6 Å². The van der Waals surface area contributed by atoms with E-state index >= 15 is 0 Å². The second kappa shape index (κ2) is 4.19. The first-order valence-electron chi connectivity index (χ1n) is 1.46. The molecular weight excluding hydrogens is 296 g/mol. The van der Waals surface area contributed by atoms with Gasteiger partial charge in [-0.2, -0.15) is 0 Å². The maximum Gasteiger partial charge on any atom is 4.00 e. The summed E-state index contributed by atoms with van der Waals surface area (Å²) in [5.74, 6) is 0. The molecule has 0 aliphatic carbocycles. The molecule has 0 aliphatic heterocycles. The molecule has 1 radical (unpaired) electrons. The van der Waals surface area contributed by atoms with E-state index in [4.69, 9.17) is 0 Å². The second-order valence-electron chi connectivity index (χ2n) is 0.976. The molecule has 0 fully saturated rings. The molecule has 0 unspecified atom stereocenters. The van der Waals surface area contributed by atoms with Crippen molar-refractivity contribution in [2.24, 2.45) is 0 Å². The van der Waals surface area contributed by atoms with Crippen LogP contribution in [-0.2, 0) is 13.4 Å². The minimum absolute atomic E-state index is 0. The summed E-state index contributed by atoms with van der Waals surface area (Å²) < 4.78 is 21.2. The molecule has 0 atom stereocenters. The Morgan fingerprint density at radius 2 is 1.10 bits per heavy atom. The largest absolute Gasteiger partial charge is 4.00 e. The Morgan fingerprint density at radius 3 is 1.10 bits per heavy atom. The number of hydrogen-bond donors (Lipinski definition) is 0. The van der Waals surface area contributed by atoms with Gasteiger partial charge in [0.25, 0.3) is 0 Å². The van der Waals surface area contributed by atoms with Crippen LogP contribution in [0.2, 0.25) is 0 Å². The second-order valence-corrected chi connectivity index (χ2v) is 3.42. The maximum absolute atomic E-state index is 9.32. The molecule has 57 valence electrons. The van der Waals surface area contributed by atoms with Crippen molar-refractivity contribution in [1.82, 2.24) is 0 Å². The summed E-state index contributed by atoms with van der Waals surface area (Å²) in [7, 11) is -11.4. The fourth-order valence-corrected chi connectivity index (χ4v) is 1.10. The van der Waals surface area contributed by atoms with Gasteiger partial charge in [-0.05, 0) is 0 Å². The smallest absolute Gasteiger partial charge is 0.790 e. The molecule has 0 heterocycles. The van der Waals surface area contributed by atoms with Gasteiger partial charge >= 0.3 is 24.4 Å². The molecule has 7 nitrogen and oxygen atoms in total. The third kappa shape index (κ3) is 11.8. The minimum atomic E-state index is -5.68. The monoisotopic (exact) mass is 295 g/mol. The normalized spacial score (nSPS) is 12.4. The maximum atomic E-state index is 9.32. The SMILES string of the molecule is O=P([O-])([O-])OP(=O)([O-])[O-].[Sb+4]. The Morgan fingerprint density at radius 1 is 0.900 bits per heavy atom. The topological polar surface area (TPSA) is 136 Å². The van der Waals surface area contributed by atoms with E-state index in [0.29, 0.717) is 0 Å². The molecule has 0 N–H and O–H groups in total. The average molecular weight is 296 g/mol. The van der Waals surface area contributed by atoms with E-state index in [2.05, 4.69) is 4.31 Å². The van der Waals surface area contributed by atoms with Gasteiger partial charge in [-0.15, -0.1) is 0 Å². The first kappa shape index (κ1) is 13.7. The van der Waals surface area contributed by atoms with Crippen molar-refractivity contribution in [3.8, 4) is 0 Å². The van der Waals surface area contributed by atoms with Crippen LogP contribution < -0.4 is 19.6 Å². The van der Waals surface area contributed by atoms with E-state index in [9.17, 15) is 28.7 Å². The standard InChI is InChI=1S/H4O7P2.Sb/c1-8(2,3)7-9(4,5)6;/h(H2,1,2,3)(H2,4,5,6);/q;+4/p-4. The molecular formula is O7P2Sb. The third-order valence-electron chi connectivity index (χ3n) is 0.200. The van der Waals surface area contributed by atoms with Gasteiger partial charge < -0.3 is 33.0 Å². The number of rotatable bonds is 2. The van der Waals surface area contributed by atoms with Crippen molar-refractivity contribution in [2.75, 3.05) is 0 Å². The van der Waals surface area contributed by atoms with Crippen LogP contribution in [0.1, 0.15) is 0 Å². The fraction of sp³-hybridized carbons (Fsp3) is 0. The Balaban J connectivity index is 0. The van der Waals surface area contributed by atoms with Crippen molar-refractivity contribution in [1.29, 1.82) is 0 Å². The van der Waals surface area contributed by atoms with Gasteiger partial charge in [0.15, 0.2) is 0 Å². The van der Waals surface area contributed by atoms with Gasteiger partial charge in [0.2, 0.25) is 0 Å². The summed E-state index contributed by atoms with van der Waals surface area (Å²) in [6, 6.07) is 0. The van der Waals surface area contributed by atoms with Crippen LogP contribution in [0.15, 0.2) is 0 Å². The van der Waals surface area contributed by atoms with Crippen molar-refractivity contribution < 1.29 is 33.0 Å². The summed E-state index contributed by atoms with van der Waals surface area (Å²) in [6.45, 7) is 0. The van der Waals surface area contributed by atoms with Crippen LogP contribution in [0.4, 0.5) is 0 Å². The van der Waals surface area contributed by atoms with Crippen LogP contribution in [-0.4, -0.2) is 24.4 Å². The molecule has 0 saturated heterocycles. The van der Waals surface area contributed by atoms with Gasteiger partial charge in [-0.3, -0.25) is 0 Å². The Hall–Kier alpha value is 1.08. The quantitative estimate of drug-likeness (QED) is 0.377. The summed E-state index contributed by atoms with van der Waals surface area (Å²) in [4.78, 5) is 37.3. The molecule has 0 aromatic carbocycles. The Labute approximate surface area is 73.3 Å². The molecule has 10 heteroatoms. The van der Waals surface area contributed by atoms with Crippen LogP contribution in [0.5, 0.6) is 0 Å². The number of hydrogen-bond acceptors (Lipinski definition) is 7. The predicted molar refractivity (Wildman–Crippen MR) is 22.1 cm³/mol. The first-order chi connectivity index (χ1) is 3.71. The van der Waals surface area contributed by atoms with Crippen molar-refractivity contribution in [3.05, 3.63) is 0 Å². The van der Waals surface area contributed by atoms with E-state index in [1.54, 1.807) is 0 Å². The fourth-order valence-electron chi connectivity index (χ4n) is 0.122. The molecule has 0 spiro atoms. The molecule has 0 aliphatic rings. The number of phosphoric acid groups is 2. The minimum Gasteiger partial charge on any atom is -0.790 e. The van der Waals surface area contributed by atoms with Gasteiger partial charge in [-0.1, -0.05) is 0 Å². The first-order valence-corrected chi connectivity index (χ1v) is 4.38. The van der Waals surface area contributed by atoms with Crippen molar-refractivity contribution in [2.45, 2.75) is 0 Å². The molecule has 0 bridgehead atoms. The molecule has 0 aromatic rings. The van der Waals surface area contributed by atoms with Gasteiger partial charge in [-0.25, -0.2) is 0 Å². The third-order valence-corrected chi connectivity index (χ3v) is 1.80. The summed E-state index contributed by atoms with van der Waals surface area (Å²) >= 11 is 0. The van der Waals surface area contributed by atoms with Crippen molar-refractivity contribution >= 4 is 40.1 Å². The Kier molecular flexibility index (Phi) is 5.72. The predicted octanol–water partition coefficient (Wildman–Crippen LogP) is -3.72. The molecule has 0 amide bonds. The van der Waals surface area contributed by atoms with E-state index in [-0.39, 0.29) is 24.4 Å². The van der Waals surface area contributed by atoms with Gasteiger partial charge in [0.1, 0.15) is 0 Å². The van der Waals surface area contributed by atoms with E-state index < -0.39 is 15.6 Å². The zero-order valence-corrected chi connectivity index (χ0v) is 8.54. The Bertz CT molecular complexity index is 152. The van der Waals surface area contributed by atoms with Crippen LogP contribution in [0.25, 0.3) is 0 Å². The van der Waals surface area contributed by atoms with Crippen LogP contribution >= 0.6 is 15.6 Å². The zero-order chi connectivity index (χ0) is 7.71. The molecule has 0 rings (SSSR count). The van der Waals surface area contributed by atoms with Crippen molar-refractivity contribution in [3.63, 3.8) is 0 Å². The van der Waals surface area contributed by atoms with E-state index in [1.807, 2.05) is 0 Å².